The van der Waals surface area contributed by atoms with Crippen molar-refractivity contribution in [2.24, 2.45) is 0 Å². The van der Waals surface area contributed by atoms with Gasteiger partial charge in [0.25, 0.3) is 0 Å². The molecule has 0 bridgehead atoms. The summed E-state index contributed by atoms with van der Waals surface area (Å²) >= 11 is 0. The summed E-state index contributed by atoms with van der Waals surface area (Å²) in [6.07, 6.45) is -0.201. The van der Waals surface area contributed by atoms with Gasteiger partial charge in [0.15, 0.2) is 11.5 Å². The van der Waals surface area contributed by atoms with Crippen LogP contribution >= 0.6 is 0 Å². The van der Waals surface area contributed by atoms with E-state index in [9.17, 15) is 0 Å². The van der Waals surface area contributed by atoms with Gasteiger partial charge in [-0.1, -0.05) is 0 Å². The molecule has 24 heavy (non-hydrogen) atoms. The predicted octanol–water partition coefficient (Wildman–Crippen LogP) is 3.75. The van der Waals surface area contributed by atoms with Crippen LogP contribution in [-0.4, -0.2) is 34.5 Å². The van der Waals surface area contributed by atoms with Crippen molar-refractivity contribution >= 4 is 10.8 Å². The van der Waals surface area contributed by atoms with Crippen LogP contribution in [0.25, 0.3) is 10.8 Å². The zero-order valence-electron chi connectivity index (χ0n) is 15.0. The molecule has 1 heterocycles. The summed E-state index contributed by atoms with van der Waals surface area (Å²) in [4.78, 5) is 0. The highest BCUT2D eigenvalue weighted by molar-refractivity contribution is 6.00. The lowest BCUT2D eigenvalue weighted by molar-refractivity contribution is 0.211. The average molecular weight is 331 g/mol. The Morgan fingerprint density at radius 1 is 0.917 bits per heavy atom. The molecule has 0 radical (unpaired) electrons. The van der Waals surface area contributed by atoms with Gasteiger partial charge in [0.2, 0.25) is 11.9 Å². The Labute approximate surface area is 142 Å². The van der Waals surface area contributed by atoms with Crippen LogP contribution in [0.15, 0.2) is 12.1 Å². The largest absolute Gasteiger partial charge is 0.496 e. The normalized spacial score (nSPS) is 18.0. The Kier molecular flexibility index (Phi) is 3.82. The summed E-state index contributed by atoms with van der Waals surface area (Å²) in [5, 5.41) is 1.73. The van der Waals surface area contributed by atoms with E-state index in [-0.39, 0.29) is 11.5 Å². The van der Waals surface area contributed by atoms with E-state index >= 15 is 0 Å². The Hall–Kier alpha value is -2.43. The first-order valence-corrected chi connectivity index (χ1v) is 7.74. The molecule has 0 fully saturated rings. The van der Waals surface area contributed by atoms with Crippen molar-refractivity contribution in [1.82, 2.24) is 0 Å². The van der Waals surface area contributed by atoms with Gasteiger partial charge in [0.1, 0.15) is 18.4 Å². The summed E-state index contributed by atoms with van der Waals surface area (Å²) in [5.41, 5.74) is 0.704. The summed E-state index contributed by atoms with van der Waals surface area (Å²) in [6.45, 7) is 8.31. The van der Waals surface area contributed by atoms with Gasteiger partial charge in [-0.3, -0.25) is 0 Å². The maximum absolute atomic E-state index is 5.97. The molecule has 2 aromatic carbocycles. The van der Waals surface area contributed by atoms with Gasteiger partial charge in [-0.05, 0) is 31.4 Å². The minimum absolute atomic E-state index is 0.201. The molecule has 3 rings (SSSR count). The van der Waals surface area contributed by atoms with Crippen LogP contribution in [-0.2, 0) is 5.41 Å². The molecule has 1 aliphatic rings. The second-order valence-electron chi connectivity index (χ2n) is 6.35. The number of fused-ring (bicyclic) bond motifs is 2. The molecule has 5 heteroatoms. The molecule has 128 valence electrons. The van der Waals surface area contributed by atoms with Crippen molar-refractivity contribution in [2.45, 2.75) is 25.4 Å². The Morgan fingerprint density at radius 3 is 2.08 bits per heavy atom. The van der Waals surface area contributed by atoms with Gasteiger partial charge in [-0.25, -0.2) is 0 Å². The minimum atomic E-state index is -0.285. The first kappa shape index (κ1) is 16.4. The summed E-state index contributed by atoms with van der Waals surface area (Å²) in [7, 11) is 6.44. The first-order chi connectivity index (χ1) is 11.4. The molecular weight excluding hydrogens is 308 g/mol. The number of rotatable bonds is 4. The van der Waals surface area contributed by atoms with E-state index in [1.165, 1.54) is 0 Å². The third kappa shape index (κ3) is 2.04. The van der Waals surface area contributed by atoms with E-state index in [2.05, 4.69) is 20.8 Å². The molecule has 0 N–H and O–H groups in total. The highest BCUT2D eigenvalue weighted by Gasteiger charge is 2.47. The van der Waals surface area contributed by atoms with E-state index in [4.69, 9.17) is 23.7 Å². The third-order valence-corrected chi connectivity index (χ3v) is 4.77. The highest BCUT2D eigenvalue weighted by atomic mass is 16.5. The molecule has 0 aromatic heterocycles. The van der Waals surface area contributed by atoms with Gasteiger partial charge < -0.3 is 23.7 Å². The summed E-state index contributed by atoms with van der Waals surface area (Å²) < 4.78 is 28.4. The van der Waals surface area contributed by atoms with Crippen molar-refractivity contribution in [3.63, 3.8) is 0 Å². The van der Waals surface area contributed by atoms with E-state index in [0.717, 1.165) is 27.8 Å². The number of benzene rings is 2. The zero-order chi connectivity index (χ0) is 17.6. The first-order valence-electron chi connectivity index (χ1n) is 7.74. The number of hydrogen-bond acceptors (Lipinski definition) is 5. The number of ether oxygens (including phenoxy) is 5. The lowest BCUT2D eigenvalue weighted by Gasteiger charge is -2.22. The quantitative estimate of drug-likeness (QED) is 0.799. The predicted molar refractivity (Wildman–Crippen MR) is 93.0 cm³/mol. The Balaban J connectivity index is 2.48. The molecule has 0 aliphatic carbocycles. The fraction of sp³-hybridized carbons (Fsp3) is 0.421. The van der Waals surface area contributed by atoms with E-state index < -0.39 is 0 Å². The SMILES string of the molecule is [CH2+]C1Oc2cc3cc(OC)c(OC)c(OC)c3c(OC)c2C1(C)C. The van der Waals surface area contributed by atoms with E-state index in [1.807, 2.05) is 12.1 Å². The molecule has 1 unspecified atom stereocenters. The molecule has 0 saturated carbocycles. The van der Waals surface area contributed by atoms with Crippen molar-refractivity contribution in [3.8, 4) is 28.7 Å². The van der Waals surface area contributed by atoms with Crippen LogP contribution in [0, 0.1) is 6.92 Å². The fourth-order valence-corrected chi connectivity index (χ4v) is 3.34. The van der Waals surface area contributed by atoms with Crippen molar-refractivity contribution in [3.05, 3.63) is 24.6 Å². The van der Waals surface area contributed by atoms with Gasteiger partial charge in [0, 0.05) is 0 Å². The van der Waals surface area contributed by atoms with Crippen LogP contribution < -0.4 is 23.7 Å². The van der Waals surface area contributed by atoms with Crippen LogP contribution in [0.5, 0.6) is 28.7 Å². The Bertz CT molecular complexity index is 794. The van der Waals surface area contributed by atoms with Gasteiger partial charge in [-0.15, -0.1) is 0 Å². The highest BCUT2D eigenvalue weighted by Crippen LogP contribution is 2.55. The average Bonchev–Trinajstić information content (AvgIpc) is 2.80. The Morgan fingerprint density at radius 2 is 1.54 bits per heavy atom. The number of methoxy groups -OCH3 is 4. The second kappa shape index (κ2) is 5.58. The third-order valence-electron chi connectivity index (χ3n) is 4.77. The molecule has 2 aromatic rings. The molecular formula is C19H23O5+. The second-order valence-corrected chi connectivity index (χ2v) is 6.35. The fourth-order valence-electron chi connectivity index (χ4n) is 3.34. The smallest absolute Gasteiger partial charge is 0.242 e. The molecule has 1 atom stereocenters. The lowest BCUT2D eigenvalue weighted by Crippen LogP contribution is -2.29. The molecule has 0 amide bonds. The van der Waals surface area contributed by atoms with Crippen LogP contribution in [0.3, 0.4) is 0 Å². The van der Waals surface area contributed by atoms with Crippen LogP contribution in [0.4, 0.5) is 0 Å². The van der Waals surface area contributed by atoms with Crippen molar-refractivity contribution in [2.75, 3.05) is 28.4 Å². The van der Waals surface area contributed by atoms with E-state index in [0.29, 0.717) is 17.2 Å². The monoisotopic (exact) mass is 331 g/mol. The standard InChI is InChI=1S/C19H23O5/c1-10-19(2,3)15-12(24-10)8-11-9-13(20-4)16(21-5)18(23-7)14(11)17(15)22-6/h8-10H,1H2,2-7H3/q+1. The molecule has 0 saturated heterocycles. The van der Waals surface area contributed by atoms with Gasteiger partial charge in [-0.2, -0.15) is 0 Å². The zero-order valence-corrected chi connectivity index (χ0v) is 15.0. The number of hydrogen-bond donors (Lipinski definition) is 0. The van der Waals surface area contributed by atoms with Crippen molar-refractivity contribution < 1.29 is 23.7 Å². The van der Waals surface area contributed by atoms with Crippen LogP contribution in [0.1, 0.15) is 19.4 Å². The molecule has 1 aliphatic heterocycles. The maximum atomic E-state index is 5.97. The van der Waals surface area contributed by atoms with Crippen molar-refractivity contribution in [1.29, 1.82) is 0 Å². The van der Waals surface area contributed by atoms with Crippen LogP contribution in [0.2, 0.25) is 0 Å². The minimum Gasteiger partial charge on any atom is -0.496 e. The summed E-state index contributed by atoms with van der Waals surface area (Å²) in [6, 6.07) is 3.87. The topological polar surface area (TPSA) is 46.2 Å². The molecule has 0 spiro atoms. The lowest BCUT2D eigenvalue weighted by atomic mass is 9.80. The summed E-state index contributed by atoms with van der Waals surface area (Å²) in [5.74, 6) is 3.20. The maximum Gasteiger partial charge on any atom is 0.242 e. The van der Waals surface area contributed by atoms with E-state index in [1.54, 1.807) is 28.4 Å². The van der Waals surface area contributed by atoms with Gasteiger partial charge >= 0.3 is 0 Å². The van der Waals surface area contributed by atoms with Gasteiger partial charge in [0.05, 0.1) is 44.8 Å². The molecule has 5 nitrogen and oxygen atoms in total.